The topological polar surface area (TPSA) is 24.1 Å². The van der Waals surface area contributed by atoms with E-state index in [1.165, 1.54) is 28.6 Å². The summed E-state index contributed by atoms with van der Waals surface area (Å²) in [6.07, 6.45) is 2.56. The average Bonchev–Trinajstić information content (AvgIpc) is 2.35. The van der Waals surface area contributed by atoms with Crippen LogP contribution in [-0.2, 0) is 0 Å². The van der Waals surface area contributed by atoms with Crippen molar-refractivity contribution in [2.75, 3.05) is 18.4 Å². The van der Waals surface area contributed by atoms with Gasteiger partial charge >= 0.3 is 0 Å². The van der Waals surface area contributed by atoms with Gasteiger partial charge in [-0.05, 0) is 69.5 Å². The molecule has 1 aromatic carbocycles. The number of aryl methyl sites for hydroxylation is 1. The van der Waals surface area contributed by atoms with Crippen LogP contribution in [-0.4, -0.2) is 19.1 Å². The first kappa shape index (κ1) is 12.9. The third-order valence-corrected chi connectivity index (χ3v) is 4.53. The zero-order valence-corrected chi connectivity index (χ0v) is 12.2. The Labute approximate surface area is 112 Å². The fourth-order valence-corrected chi connectivity index (χ4v) is 2.71. The van der Waals surface area contributed by atoms with Crippen LogP contribution in [0, 0.1) is 12.8 Å². The van der Waals surface area contributed by atoms with E-state index < -0.39 is 0 Å². The van der Waals surface area contributed by atoms with Gasteiger partial charge < -0.3 is 10.6 Å². The molecule has 0 aromatic heterocycles. The molecule has 0 saturated carbocycles. The zero-order chi connectivity index (χ0) is 12.3. The lowest BCUT2D eigenvalue weighted by Gasteiger charge is -2.29. The molecule has 94 valence electrons. The van der Waals surface area contributed by atoms with Gasteiger partial charge in [0.15, 0.2) is 0 Å². The molecule has 1 heterocycles. The number of nitrogens with one attached hydrogen (secondary N) is 2. The second kappa shape index (κ2) is 5.87. The Balaban J connectivity index is 1.96. The Morgan fingerprint density at radius 1 is 1.35 bits per heavy atom. The summed E-state index contributed by atoms with van der Waals surface area (Å²) < 4.78 is 1.18. The molecule has 0 amide bonds. The molecule has 2 nitrogen and oxygen atoms in total. The molecule has 3 heteroatoms. The maximum absolute atomic E-state index is 3.63. The molecule has 1 aromatic rings. The van der Waals surface area contributed by atoms with Crippen molar-refractivity contribution < 1.29 is 0 Å². The van der Waals surface area contributed by atoms with Crippen LogP contribution >= 0.6 is 15.9 Å². The summed E-state index contributed by atoms with van der Waals surface area (Å²) in [5, 5.41) is 7.05. The lowest BCUT2D eigenvalue weighted by Crippen LogP contribution is -2.36. The predicted octanol–water partition coefficient (Wildman–Crippen LogP) is 3.56. The number of halogens is 1. The number of anilines is 1. The van der Waals surface area contributed by atoms with Gasteiger partial charge in [-0.25, -0.2) is 0 Å². The van der Waals surface area contributed by atoms with E-state index >= 15 is 0 Å². The monoisotopic (exact) mass is 296 g/mol. The third-order valence-electron chi connectivity index (χ3n) is 3.64. The number of piperidine rings is 1. The predicted molar refractivity (Wildman–Crippen MR) is 77.6 cm³/mol. The van der Waals surface area contributed by atoms with Crippen LogP contribution in [0.3, 0.4) is 0 Å². The fraction of sp³-hybridized carbons (Fsp3) is 0.571. The molecule has 1 aliphatic heterocycles. The van der Waals surface area contributed by atoms with Gasteiger partial charge in [-0.1, -0.05) is 15.9 Å². The van der Waals surface area contributed by atoms with Crippen molar-refractivity contribution in [2.45, 2.75) is 32.7 Å². The molecule has 0 radical (unpaired) electrons. The Kier molecular flexibility index (Phi) is 4.46. The van der Waals surface area contributed by atoms with Crippen LogP contribution in [0.4, 0.5) is 5.69 Å². The van der Waals surface area contributed by atoms with Crippen molar-refractivity contribution in [3.63, 3.8) is 0 Å². The molecule has 1 aliphatic rings. The first-order valence-corrected chi connectivity index (χ1v) is 7.19. The van der Waals surface area contributed by atoms with Gasteiger partial charge in [-0.2, -0.15) is 0 Å². The number of benzene rings is 1. The first-order chi connectivity index (χ1) is 8.16. The Hall–Kier alpha value is -0.540. The molecule has 2 N–H and O–H groups in total. The van der Waals surface area contributed by atoms with E-state index in [2.05, 4.69) is 58.6 Å². The fourth-order valence-electron chi connectivity index (χ4n) is 2.46. The summed E-state index contributed by atoms with van der Waals surface area (Å²) >= 11 is 3.54. The normalized spacial score (nSPS) is 19.0. The zero-order valence-electron chi connectivity index (χ0n) is 10.6. The third kappa shape index (κ3) is 3.46. The van der Waals surface area contributed by atoms with Crippen molar-refractivity contribution in [1.82, 2.24) is 5.32 Å². The SMILES string of the molecule is Cc1cc(NC(C)C2CCNCC2)ccc1Br. The molecule has 1 fully saturated rings. The van der Waals surface area contributed by atoms with Gasteiger partial charge in [0.1, 0.15) is 0 Å². The molecule has 0 spiro atoms. The van der Waals surface area contributed by atoms with E-state index in [1.54, 1.807) is 0 Å². The highest BCUT2D eigenvalue weighted by Crippen LogP contribution is 2.23. The van der Waals surface area contributed by atoms with Gasteiger partial charge in [-0.3, -0.25) is 0 Å². The van der Waals surface area contributed by atoms with Crippen LogP contribution in [0.25, 0.3) is 0 Å². The highest BCUT2D eigenvalue weighted by Gasteiger charge is 2.19. The van der Waals surface area contributed by atoms with Crippen molar-refractivity contribution >= 4 is 21.6 Å². The van der Waals surface area contributed by atoms with Crippen molar-refractivity contribution in [1.29, 1.82) is 0 Å². The molecular weight excluding hydrogens is 276 g/mol. The second-order valence-electron chi connectivity index (χ2n) is 4.98. The van der Waals surface area contributed by atoms with E-state index in [9.17, 15) is 0 Å². The maximum Gasteiger partial charge on any atom is 0.0345 e. The van der Waals surface area contributed by atoms with Crippen molar-refractivity contribution in [3.8, 4) is 0 Å². The molecule has 1 atom stereocenters. The van der Waals surface area contributed by atoms with E-state index in [4.69, 9.17) is 0 Å². The molecule has 2 rings (SSSR count). The maximum atomic E-state index is 3.63. The van der Waals surface area contributed by atoms with Gasteiger partial charge in [0.05, 0.1) is 0 Å². The van der Waals surface area contributed by atoms with Gasteiger partial charge in [0, 0.05) is 16.2 Å². The Morgan fingerprint density at radius 3 is 2.71 bits per heavy atom. The van der Waals surface area contributed by atoms with E-state index in [0.29, 0.717) is 6.04 Å². The van der Waals surface area contributed by atoms with Crippen LogP contribution in [0.5, 0.6) is 0 Å². The number of rotatable bonds is 3. The molecular formula is C14H21BrN2. The largest absolute Gasteiger partial charge is 0.382 e. The van der Waals surface area contributed by atoms with Crippen LogP contribution < -0.4 is 10.6 Å². The molecule has 1 saturated heterocycles. The average molecular weight is 297 g/mol. The summed E-state index contributed by atoms with van der Waals surface area (Å²) in [6, 6.07) is 7.03. The lowest BCUT2D eigenvalue weighted by atomic mass is 9.91. The van der Waals surface area contributed by atoms with E-state index in [1.807, 2.05) is 0 Å². The van der Waals surface area contributed by atoms with Gasteiger partial charge in [0.25, 0.3) is 0 Å². The van der Waals surface area contributed by atoms with Gasteiger partial charge in [0.2, 0.25) is 0 Å². The quantitative estimate of drug-likeness (QED) is 0.891. The molecule has 17 heavy (non-hydrogen) atoms. The smallest absolute Gasteiger partial charge is 0.0345 e. The Bertz CT molecular complexity index is 372. The summed E-state index contributed by atoms with van der Waals surface area (Å²) in [5.74, 6) is 0.792. The molecule has 0 aliphatic carbocycles. The minimum atomic E-state index is 0.553. The summed E-state index contributed by atoms with van der Waals surface area (Å²) in [4.78, 5) is 0. The summed E-state index contributed by atoms with van der Waals surface area (Å²) in [5.41, 5.74) is 2.52. The lowest BCUT2D eigenvalue weighted by molar-refractivity contribution is 0.343. The van der Waals surface area contributed by atoms with Crippen LogP contribution in [0.15, 0.2) is 22.7 Å². The van der Waals surface area contributed by atoms with Gasteiger partial charge in [-0.15, -0.1) is 0 Å². The van der Waals surface area contributed by atoms with Crippen molar-refractivity contribution in [2.24, 2.45) is 5.92 Å². The standard InChI is InChI=1S/C14H21BrN2/c1-10-9-13(3-4-14(10)15)17-11(2)12-5-7-16-8-6-12/h3-4,9,11-12,16-17H,5-8H2,1-2H3. The minimum Gasteiger partial charge on any atom is -0.382 e. The Morgan fingerprint density at radius 2 is 2.06 bits per heavy atom. The summed E-state index contributed by atoms with van der Waals surface area (Å²) in [7, 11) is 0. The highest BCUT2D eigenvalue weighted by atomic mass is 79.9. The van der Waals surface area contributed by atoms with E-state index in [-0.39, 0.29) is 0 Å². The number of hydrogen-bond donors (Lipinski definition) is 2. The van der Waals surface area contributed by atoms with E-state index in [0.717, 1.165) is 19.0 Å². The van der Waals surface area contributed by atoms with Crippen LogP contribution in [0.2, 0.25) is 0 Å². The highest BCUT2D eigenvalue weighted by molar-refractivity contribution is 9.10. The van der Waals surface area contributed by atoms with Crippen LogP contribution in [0.1, 0.15) is 25.3 Å². The first-order valence-electron chi connectivity index (χ1n) is 6.40. The second-order valence-corrected chi connectivity index (χ2v) is 5.84. The number of hydrogen-bond acceptors (Lipinski definition) is 2. The van der Waals surface area contributed by atoms with Crippen molar-refractivity contribution in [3.05, 3.63) is 28.2 Å². The minimum absolute atomic E-state index is 0.553. The molecule has 0 bridgehead atoms. The summed E-state index contributed by atoms with van der Waals surface area (Å²) in [6.45, 7) is 6.75. The molecule has 1 unspecified atom stereocenters.